The van der Waals surface area contributed by atoms with Gasteiger partial charge in [0.1, 0.15) is 11.8 Å². The Morgan fingerprint density at radius 3 is 2.52 bits per heavy atom. The molecule has 11 heteroatoms. The van der Waals surface area contributed by atoms with Crippen molar-refractivity contribution in [3.05, 3.63) is 24.3 Å². The molecule has 0 radical (unpaired) electrons. The van der Waals surface area contributed by atoms with Gasteiger partial charge in [-0.3, -0.25) is 9.59 Å². The summed E-state index contributed by atoms with van der Waals surface area (Å²) in [7, 11) is 0. The van der Waals surface area contributed by atoms with Crippen molar-refractivity contribution < 1.29 is 37.0 Å². The van der Waals surface area contributed by atoms with Crippen molar-refractivity contribution in [2.75, 3.05) is 17.7 Å². The summed E-state index contributed by atoms with van der Waals surface area (Å²) in [6.45, 7) is 1.86. The molecule has 1 fully saturated rings. The lowest BCUT2D eigenvalue weighted by Gasteiger charge is -2.27. The van der Waals surface area contributed by atoms with Gasteiger partial charge in [0.2, 0.25) is 11.8 Å². The van der Waals surface area contributed by atoms with Crippen LogP contribution in [0.4, 0.5) is 18.9 Å². The fraction of sp³-hybridized carbons (Fsp3) is 0.438. The number of esters is 1. The molecule has 2 amide bonds. The summed E-state index contributed by atoms with van der Waals surface area (Å²) in [4.78, 5) is 35.7. The van der Waals surface area contributed by atoms with Gasteiger partial charge in [0.15, 0.2) is 0 Å². The standard InChI is InChI=1S/C16H17F3N2O5S/c1-2-25-15(24)11-8-27-12(14(23)21-11)7-13(22)20-9-3-5-10(6-4-9)26-16(17,18)19/h3-6,11-12H,2,7-8H2,1H3,(H,20,22)(H,21,23)/t11-,12-/m1/s1. The lowest BCUT2D eigenvalue weighted by Crippen LogP contribution is -2.51. The number of rotatable bonds is 6. The van der Waals surface area contributed by atoms with Crippen LogP contribution in [0.25, 0.3) is 0 Å². The minimum absolute atomic E-state index is 0.146. The number of thioether (sulfide) groups is 1. The number of nitrogens with one attached hydrogen (secondary N) is 2. The van der Waals surface area contributed by atoms with Gasteiger partial charge in [0.25, 0.3) is 0 Å². The van der Waals surface area contributed by atoms with Crippen molar-refractivity contribution in [1.29, 1.82) is 0 Å². The van der Waals surface area contributed by atoms with Crippen LogP contribution in [-0.2, 0) is 19.1 Å². The van der Waals surface area contributed by atoms with Gasteiger partial charge in [-0.2, -0.15) is 0 Å². The molecule has 1 aromatic rings. The number of carbonyl (C=O) groups is 3. The molecular weight excluding hydrogens is 389 g/mol. The Bertz CT molecular complexity index is 696. The van der Waals surface area contributed by atoms with Crippen LogP contribution < -0.4 is 15.4 Å². The molecule has 1 aromatic carbocycles. The van der Waals surface area contributed by atoms with Crippen LogP contribution in [0.1, 0.15) is 13.3 Å². The Kier molecular flexibility index (Phi) is 6.94. The second-order valence-corrected chi connectivity index (χ2v) is 6.70. The van der Waals surface area contributed by atoms with Crippen LogP contribution in [0.2, 0.25) is 0 Å². The molecule has 2 N–H and O–H groups in total. The Morgan fingerprint density at radius 1 is 1.30 bits per heavy atom. The zero-order chi connectivity index (χ0) is 20.0. The zero-order valence-corrected chi connectivity index (χ0v) is 15.0. The molecule has 1 heterocycles. The second-order valence-electron chi connectivity index (χ2n) is 5.46. The largest absolute Gasteiger partial charge is 0.573 e. The quantitative estimate of drug-likeness (QED) is 0.703. The summed E-state index contributed by atoms with van der Waals surface area (Å²) in [6, 6.07) is 3.89. The molecule has 2 rings (SSSR count). The number of anilines is 1. The third-order valence-corrected chi connectivity index (χ3v) is 4.70. The van der Waals surface area contributed by atoms with Gasteiger partial charge in [0, 0.05) is 17.9 Å². The summed E-state index contributed by atoms with van der Waals surface area (Å²) in [6.07, 6.45) is -4.94. The highest BCUT2D eigenvalue weighted by Gasteiger charge is 2.34. The van der Waals surface area contributed by atoms with E-state index in [4.69, 9.17) is 4.74 Å². The second kappa shape index (κ2) is 8.98. The first-order chi connectivity index (χ1) is 12.7. The smallest absolute Gasteiger partial charge is 0.464 e. The summed E-state index contributed by atoms with van der Waals surface area (Å²) >= 11 is 1.16. The number of hydrogen-bond acceptors (Lipinski definition) is 6. The van der Waals surface area contributed by atoms with E-state index in [1.54, 1.807) is 6.92 Å². The van der Waals surface area contributed by atoms with Crippen molar-refractivity contribution in [2.45, 2.75) is 31.0 Å². The fourth-order valence-electron chi connectivity index (χ4n) is 2.24. The maximum atomic E-state index is 12.1. The number of alkyl halides is 3. The van der Waals surface area contributed by atoms with Crippen LogP contribution >= 0.6 is 11.8 Å². The minimum Gasteiger partial charge on any atom is -0.464 e. The summed E-state index contributed by atoms with van der Waals surface area (Å²) in [5.41, 5.74) is 0.264. The predicted octanol–water partition coefficient (Wildman–Crippen LogP) is 2.08. The number of hydrogen-bond donors (Lipinski definition) is 2. The number of benzene rings is 1. The van der Waals surface area contributed by atoms with E-state index in [2.05, 4.69) is 15.4 Å². The van der Waals surface area contributed by atoms with E-state index in [0.717, 1.165) is 23.9 Å². The van der Waals surface area contributed by atoms with Gasteiger partial charge in [-0.15, -0.1) is 24.9 Å². The van der Waals surface area contributed by atoms with Gasteiger partial charge in [-0.05, 0) is 31.2 Å². The van der Waals surface area contributed by atoms with Gasteiger partial charge < -0.3 is 20.1 Å². The number of amides is 2. The number of carbonyl (C=O) groups excluding carboxylic acids is 3. The molecule has 0 aliphatic carbocycles. The first-order valence-corrected chi connectivity index (χ1v) is 8.97. The maximum Gasteiger partial charge on any atom is 0.573 e. The van der Waals surface area contributed by atoms with E-state index in [0.29, 0.717) is 0 Å². The normalized spacial score (nSPS) is 19.8. The average Bonchev–Trinajstić information content (AvgIpc) is 2.57. The Labute approximate surface area is 157 Å². The van der Waals surface area contributed by atoms with Gasteiger partial charge in [0.05, 0.1) is 11.9 Å². The van der Waals surface area contributed by atoms with E-state index < -0.39 is 41.2 Å². The van der Waals surface area contributed by atoms with Crippen molar-refractivity contribution >= 4 is 35.2 Å². The Balaban J connectivity index is 1.84. The average molecular weight is 406 g/mol. The first-order valence-electron chi connectivity index (χ1n) is 7.92. The van der Waals surface area contributed by atoms with Crippen molar-refractivity contribution in [2.24, 2.45) is 0 Å². The predicted molar refractivity (Wildman–Crippen MR) is 91.2 cm³/mol. The number of halogens is 3. The molecule has 27 heavy (non-hydrogen) atoms. The van der Waals surface area contributed by atoms with Gasteiger partial charge in [-0.1, -0.05) is 0 Å². The molecule has 0 bridgehead atoms. The topological polar surface area (TPSA) is 93.7 Å². The maximum absolute atomic E-state index is 12.1. The molecule has 0 unspecified atom stereocenters. The SMILES string of the molecule is CCOC(=O)[C@H]1CS[C@H](CC(=O)Nc2ccc(OC(F)(F)F)cc2)C(=O)N1. The number of ether oxygens (including phenoxy) is 2. The van der Waals surface area contributed by atoms with Gasteiger partial charge in [-0.25, -0.2) is 4.79 Å². The fourth-order valence-corrected chi connectivity index (χ4v) is 3.37. The summed E-state index contributed by atoms with van der Waals surface area (Å²) < 4.78 is 44.9. The van der Waals surface area contributed by atoms with Crippen LogP contribution in [0.5, 0.6) is 5.75 Å². The minimum atomic E-state index is -4.79. The van der Waals surface area contributed by atoms with Crippen LogP contribution in [0.15, 0.2) is 24.3 Å². The van der Waals surface area contributed by atoms with E-state index in [-0.39, 0.29) is 24.5 Å². The lowest BCUT2D eigenvalue weighted by molar-refractivity contribution is -0.274. The highest BCUT2D eigenvalue weighted by Crippen LogP contribution is 2.25. The summed E-state index contributed by atoms with van der Waals surface area (Å²) in [5.74, 6) is -1.59. The van der Waals surface area contributed by atoms with Crippen molar-refractivity contribution in [3.63, 3.8) is 0 Å². The zero-order valence-electron chi connectivity index (χ0n) is 14.2. The highest BCUT2D eigenvalue weighted by molar-refractivity contribution is 8.00. The van der Waals surface area contributed by atoms with Crippen molar-refractivity contribution in [1.82, 2.24) is 5.32 Å². The third-order valence-electron chi connectivity index (χ3n) is 3.39. The Hall–Kier alpha value is -2.43. The van der Waals surface area contributed by atoms with E-state index in [1.165, 1.54) is 12.1 Å². The molecule has 2 atom stereocenters. The highest BCUT2D eigenvalue weighted by atomic mass is 32.2. The first kappa shape index (κ1) is 20.9. The van der Waals surface area contributed by atoms with E-state index in [1.807, 2.05) is 0 Å². The van der Waals surface area contributed by atoms with Crippen LogP contribution in [0, 0.1) is 0 Å². The molecule has 0 saturated carbocycles. The molecule has 1 aliphatic heterocycles. The Morgan fingerprint density at radius 2 is 1.96 bits per heavy atom. The molecule has 148 valence electrons. The molecule has 0 spiro atoms. The third kappa shape index (κ3) is 6.66. The van der Waals surface area contributed by atoms with Crippen LogP contribution in [0.3, 0.4) is 0 Å². The summed E-state index contributed by atoms with van der Waals surface area (Å²) in [5, 5.41) is 4.33. The van der Waals surface area contributed by atoms with E-state index in [9.17, 15) is 27.6 Å². The molecule has 1 aliphatic rings. The van der Waals surface area contributed by atoms with E-state index >= 15 is 0 Å². The molecule has 0 aromatic heterocycles. The molecule has 7 nitrogen and oxygen atoms in total. The molecular formula is C16H17F3N2O5S. The lowest BCUT2D eigenvalue weighted by atomic mass is 10.2. The van der Waals surface area contributed by atoms with Crippen molar-refractivity contribution in [3.8, 4) is 5.75 Å². The molecule has 1 saturated heterocycles. The van der Waals surface area contributed by atoms with Crippen LogP contribution in [-0.4, -0.2) is 47.8 Å². The monoisotopic (exact) mass is 406 g/mol. The van der Waals surface area contributed by atoms with Gasteiger partial charge >= 0.3 is 12.3 Å².